The Balaban J connectivity index is 1.87. The number of Topliss-reactive ketones (excluding diaryl/α,β-unsaturated/α-hetero) is 1. The third-order valence-electron chi connectivity index (χ3n) is 3.91. The van der Waals surface area contributed by atoms with Gasteiger partial charge in [0.05, 0.1) is 7.11 Å². The van der Waals surface area contributed by atoms with Gasteiger partial charge in [0.2, 0.25) is 0 Å². The summed E-state index contributed by atoms with van der Waals surface area (Å²) in [6.07, 6.45) is 3.96. The van der Waals surface area contributed by atoms with Crippen LogP contribution in [0.15, 0.2) is 36.4 Å². The van der Waals surface area contributed by atoms with Crippen molar-refractivity contribution < 1.29 is 19.4 Å². The lowest BCUT2D eigenvalue weighted by atomic mass is 10.0. The SMILES string of the molecule is COc1ccc2cc(C(=O)CCCCCCC(=O)O)ccc2c1. The van der Waals surface area contributed by atoms with Gasteiger partial charge in [-0.1, -0.05) is 31.0 Å². The Hall–Kier alpha value is -2.36. The van der Waals surface area contributed by atoms with Crippen molar-refractivity contribution >= 4 is 22.5 Å². The van der Waals surface area contributed by atoms with Crippen LogP contribution >= 0.6 is 0 Å². The smallest absolute Gasteiger partial charge is 0.303 e. The first kappa shape index (κ1) is 17.0. The van der Waals surface area contributed by atoms with Gasteiger partial charge in [-0.15, -0.1) is 0 Å². The summed E-state index contributed by atoms with van der Waals surface area (Å²) in [5.41, 5.74) is 0.730. The van der Waals surface area contributed by atoms with Crippen LogP contribution in [0.5, 0.6) is 5.75 Å². The fourth-order valence-corrected chi connectivity index (χ4v) is 2.58. The minimum Gasteiger partial charge on any atom is -0.497 e. The third-order valence-corrected chi connectivity index (χ3v) is 3.91. The van der Waals surface area contributed by atoms with Crippen molar-refractivity contribution in [2.24, 2.45) is 0 Å². The summed E-state index contributed by atoms with van der Waals surface area (Å²) in [6.45, 7) is 0. The first-order chi connectivity index (χ1) is 11.1. The Bertz CT molecular complexity index is 691. The lowest BCUT2D eigenvalue weighted by molar-refractivity contribution is -0.137. The molecule has 0 aliphatic rings. The Kier molecular flexibility index (Phi) is 6.15. The van der Waals surface area contributed by atoms with E-state index in [4.69, 9.17) is 9.84 Å². The number of hydrogen-bond donors (Lipinski definition) is 1. The minimum absolute atomic E-state index is 0.140. The molecule has 0 saturated carbocycles. The lowest BCUT2D eigenvalue weighted by Crippen LogP contribution is -1.99. The number of rotatable bonds is 9. The topological polar surface area (TPSA) is 63.6 Å². The first-order valence-corrected chi connectivity index (χ1v) is 7.93. The fraction of sp³-hybridized carbons (Fsp3) is 0.368. The van der Waals surface area contributed by atoms with Gasteiger partial charge in [-0.3, -0.25) is 9.59 Å². The number of carbonyl (C=O) groups excluding carboxylic acids is 1. The average Bonchev–Trinajstić information content (AvgIpc) is 2.56. The van der Waals surface area contributed by atoms with Crippen LogP contribution in [-0.2, 0) is 4.79 Å². The molecule has 0 atom stereocenters. The molecule has 0 radical (unpaired) electrons. The summed E-state index contributed by atoms with van der Waals surface area (Å²) < 4.78 is 5.20. The highest BCUT2D eigenvalue weighted by molar-refractivity contribution is 6.00. The number of benzene rings is 2. The van der Waals surface area contributed by atoms with E-state index >= 15 is 0 Å². The van der Waals surface area contributed by atoms with E-state index in [9.17, 15) is 9.59 Å². The number of carboxylic acids is 1. The number of methoxy groups -OCH3 is 1. The molecule has 0 unspecified atom stereocenters. The van der Waals surface area contributed by atoms with Gasteiger partial charge in [0.25, 0.3) is 0 Å². The van der Waals surface area contributed by atoms with Crippen LogP contribution < -0.4 is 4.74 Å². The molecule has 0 aliphatic heterocycles. The molecule has 0 aliphatic carbocycles. The average molecular weight is 314 g/mol. The maximum absolute atomic E-state index is 12.2. The molecule has 0 amide bonds. The summed E-state index contributed by atoms with van der Waals surface area (Å²) in [6, 6.07) is 11.5. The van der Waals surface area contributed by atoms with Crippen molar-refractivity contribution in [3.63, 3.8) is 0 Å². The molecule has 4 heteroatoms. The second kappa shape index (κ2) is 8.32. The normalized spacial score (nSPS) is 10.7. The number of aliphatic carboxylic acids is 1. The molecule has 122 valence electrons. The van der Waals surface area contributed by atoms with Crippen molar-refractivity contribution in [3.8, 4) is 5.75 Å². The Morgan fingerprint density at radius 3 is 2.26 bits per heavy atom. The van der Waals surface area contributed by atoms with E-state index in [-0.39, 0.29) is 12.2 Å². The van der Waals surface area contributed by atoms with E-state index < -0.39 is 5.97 Å². The molecule has 0 saturated heterocycles. The van der Waals surface area contributed by atoms with Crippen molar-refractivity contribution in [3.05, 3.63) is 42.0 Å². The van der Waals surface area contributed by atoms with E-state index in [1.54, 1.807) is 7.11 Å². The van der Waals surface area contributed by atoms with Crippen LogP contribution in [0.2, 0.25) is 0 Å². The fourth-order valence-electron chi connectivity index (χ4n) is 2.58. The lowest BCUT2D eigenvalue weighted by Gasteiger charge is -2.05. The van der Waals surface area contributed by atoms with Gasteiger partial charge in [-0.05, 0) is 41.8 Å². The second-order valence-corrected chi connectivity index (χ2v) is 5.66. The van der Waals surface area contributed by atoms with E-state index in [0.717, 1.165) is 41.3 Å². The zero-order chi connectivity index (χ0) is 16.7. The molecular weight excluding hydrogens is 292 g/mol. The summed E-state index contributed by atoms with van der Waals surface area (Å²) >= 11 is 0. The monoisotopic (exact) mass is 314 g/mol. The molecule has 2 aromatic rings. The quantitative estimate of drug-likeness (QED) is 0.548. The molecule has 0 bridgehead atoms. The van der Waals surface area contributed by atoms with Gasteiger partial charge in [0.15, 0.2) is 5.78 Å². The van der Waals surface area contributed by atoms with Gasteiger partial charge in [-0.2, -0.15) is 0 Å². The van der Waals surface area contributed by atoms with Crippen LogP contribution in [0.25, 0.3) is 10.8 Å². The highest BCUT2D eigenvalue weighted by atomic mass is 16.5. The molecule has 0 fully saturated rings. The number of carbonyl (C=O) groups is 2. The molecule has 4 nitrogen and oxygen atoms in total. The Morgan fingerprint density at radius 1 is 0.913 bits per heavy atom. The maximum atomic E-state index is 12.2. The van der Waals surface area contributed by atoms with Crippen LogP contribution in [-0.4, -0.2) is 24.0 Å². The minimum atomic E-state index is -0.756. The third kappa shape index (κ3) is 5.09. The standard InChI is InChI=1S/C19H22O4/c1-23-17-11-10-14-12-16(9-8-15(14)13-17)18(20)6-4-2-3-5-7-19(21)22/h8-13H,2-7H2,1H3,(H,21,22). The molecular formula is C19H22O4. The second-order valence-electron chi connectivity index (χ2n) is 5.66. The first-order valence-electron chi connectivity index (χ1n) is 7.93. The molecule has 2 aromatic carbocycles. The summed E-state index contributed by atoms with van der Waals surface area (Å²) in [5.74, 6) is 0.188. The van der Waals surface area contributed by atoms with Crippen molar-refractivity contribution in [1.29, 1.82) is 0 Å². The highest BCUT2D eigenvalue weighted by Crippen LogP contribution is 2.22. The van der Waals surface area contributed by atoms with Gasteiger partial charge < -0.3 is 9.84 Å². The summed E-state index contributed by atoms with van der Waals surface area (Å²) in [4.78, 5) is 22.6. The number of ether oxygens (including phenoxy) is 1. The zero-order valence-corrected chi connectivity index (χ0v) is 13.4. The van der Waals surface area contributed by atoms with E-state index in [2.05, 4.69) is 0 Å². The molecule has 0 spiro atoms. The van der Waals surface area contributed by atoms with Gasteiger partial charge in [0.1, 0.15) is 5.75 Å². The predicted octanol–water partition coefficient (Wildman–Crippen LogP) is 4.46. The van der Waals surface area contributed by atoms with Crippen LogP contribution in [0, 0.1) is 0 Å². The molecule has 1 N–H and O–H groups in total. The van der Waals surface area contributed by atoms with Crippen LogP contribution in [0.1, 0.15) is 48.9 Å². The van der Waals surface area contributed by atoms with E-state index in [0.29, 0.717) is 12.8 Å². The molecule has 0 heterocycles. The molecule has 23 heavy (non-hydrogen) atoms. The predicted molar refractivity (Wildman–Crippen MR) is 90.2 cm³/mol. The largest absolute Gasteiger partial charge is 0.497 e. The Labute approximate surface area is 136 Å². The van der Waals surface area contributed by atoms with E-state index in [1.807, 2.05) is 36.4 Å². The number of ketones is 1. The molecule has 2 rings (SSSR count). The van der Waals surface area contributed by atoms with Gasteiger partial charge in [-0.25, -0.2) is 0 Å². The Morgan fingerprint density at radius 2 is 1.57 bits per heavy atom. The molecule has 0 aromatic heterocycles. The maximum Gasteiger partial charge on any atom is 0.303 e. The summed E-state index contributed by atoms with van der Waals surface area (Å²) in [7, 11) is 1.63. The highest BCUT2D eigenvalue weighted by Gasteiger charge is 2.07. The van der Waals surface area contributed by atoms with Crippen molar-refractivity contribution in [2.75, 3.05) is 7.11 Å². The summed E-state index contributed by atoms with van der Waals surface area (Å²) in [5, 5.41) is 10.6. The van der Waals surface area contributed by atoms with Gasteiger partial charge >= 0.3 is 5.97 Å². The van der Waals surface area contributed by atoms with Crippen molar-refractivity contribution in [1.82, 2.24) is 0 Å². The number of unbranched alkanes of at least 4 members (excludes halogenated alkanes) is 3. The van der Waals surface area contributed by atoms with E-state index in [1.165, 1.54) is 0 Å². The van der Waals surface area contributed by atoms with Crippen LogP contribution in [0.3, 0.4) is 0 Å². The van der Waals surface area contributed by atoms with Crippen molar-refractivity contribution in [2.45, 2.75) is 38.5 Å². The number of carboxylic acid groups (broad SMARTS) is 1. The van der Waals surface area contributed by atoms with Crippen LogP contribution in [0.4, 0.5) is 0 Å². The van der Waals surface area contributed by atoms with Gasteiger partial charge in [0, 0.05) is 18.4 Å². The number of hydrogen-bond acceptors (Lipinski definition) is 3. The zero-order valence-electron chi connectivity index (χ0n) is 13.4. The number of fused-ring (bicyclic) bond motifs is 1.